The predicted molar refractivity (Wildman–Crippen MR) is 123 cm³/mol. The van der Waals surface area contributed by atoms with Crippen molar-refractivity contribution in [3.63, 3.8) is 0 Å². The monoisotopic (exact) mass is 426 g/mol. The fourth-order valence-corrected chi connectivity index (χ4v) is 4.78. The van der Waals surface area contributed by atoms with Crippen LogP contribution < -0.4 is 0 Å². The molecule has 2 saturated heterocycles. The molecule has 0 unspecified atom stereocenters. The molecule has 7 heteroatoms. The topological polar surface area (TPSA) is 62.9 Å². The summed E-state index contributed by atoms with van der Waals surface area (Å²) in [6.45, 7) is 8.29. The first-order chi connectivity index (χ1) is 15.4. The van der Waals surface area contributed by atoms with Gasteiger partial charge in [-0.15, -0.1) is 0 Å². The van der Waals surface area contributed by atoms with E-state index in [-0.39, 0.29) is 18.4 Å². The van der Waals surface area contributed by atoms with Crippen molar-refractivity contribution < 1.29 is 11.0 Å². The Kier molecular flexibility index (Phi) is 6.51. The Hall–Kier alpha value is -2.38. The van der Waals surface area contributed by atoms with Crippen LogP contribution in [-0.4, -0.2) is 102 Å². The summed E-state index contributed by atoms with van der Waals surface area (Å²) in [5.41, 5.74) is 1.32. The molecule has 2 aromatic rings. The normalized spacial score (nSPS) is 19.5. The van der Waals surface area contributed by atoms with Gasteiger partial charge in [-0.3, -0.25) is 14.5 Å². The minimum Gasteiger partial charge on any atom is -0.361 e. The summed E-state index contributed by atoms with van der Waals surface area (Å²) >= 11 is 0. The molecule has 2 amide bonds. The van der Waals surface area contributed by atoms with Gasteiger partial charge in [0.1, 0.15) is 6.54 Å². The van der Waals surface area contributed by atoms with Crippen molar-refractivity contribution in [3.05, 3.63) is 36.0 Å². The van der Waals surface area contributed by atoms with Crippen molar-refractivity contribution in [1.29, 1.82) is 0 Å². The Morgan fingerprint density at radius 1 is 1.13 bits per heavy atom. The fourth-order valence-electron chi connectivity index (χ4n) is 4.78. The molecule has 4 rings (SSSR count). The number of hydrogen-bond acceptors (Lipinski definition) is 4. The molecule has 7 nitrogen and oxygen atoms in total. The number of carbonyl (C=O) groups excluding carboxylic acids is 2. The van der Waals surface area contributed by atoms with Gasteiger partial charge in [0.05, 0.1) is 1.37 Å². The van der Waals surface area contributed by atoms with Gasteiger partial charge in [-0.2, -0.15) is 0 Å². The van der Waals surface area contributed by atoms with Gasteiger partial charge in [0.15, 0.2) is 0 Å². The Morgan fingerprint density at radius 2 is 1.87 bits per heavy atom. The van der Waals surface area contributed by atoms with Gasteiger partial charge in [-0.1, -0.05) is 13.0 Å². The highest BCUT2D eigenvalue weighted by molar-refractivity contribution is 5.99. The first-order valence-electron chi connectivity index (χ1n) is 12.0. The number of hydrogen-bond donors (Lipinski definition) is 1. The minimum atomic E-state index is -0.131. The summed E-state index contributed by atoms with van der Waals surface area (Å²) < 4.78 is 7.74. The number of fused-ring (bicyclic) bond motifs is 1. The highest BCUT2D eigenvalue weighted by Gasteiger charge is 2.29. The van der Waals surface area contributed by atoms with Crippen molar-refractivity contribution in [2.45, 2.75) is 32.2 Å². The molecule has 31 heavy (non-hydrogen) atoms. The van der Waals surface area contributed by atoms with E-state index in [4.69, 9.17) is 1.37 Å². The lowest BCUT2D eigenvalue weighted by atomic mass is 10.0. The zero-order valence-corrected chi connectivity index (χ0v) is 18.8. The number of rotatable bonds is 6. The molecule has 0 bridgehead atoms. The lowest BCUT2D eigenvalue weighted by Crippen LogP contribution is -2.55. The lowest BCUT2D eigenvalue weighted by molar-refractivity contribution is -0.134. The number of likely N-dealkylation sites (tertiary alicyclic amines) is 1. The van der Waals surface area contributed by atoms with Gasteiger partial charge in [-0.25, -0.2) is 0 Å². The van der Waals surface area contributed by atoms with Crippen molar-refractivity contribution in [2.24, 2.45) is 0 Å². The molecule has 1 aromatic heterocycles. The van der Waals surface area contributed by atoms with Gasteiger partial charge >= 0.3 is 0 Å². The molecule has 1 N–H and O–H groups in total. The van der Waals surface area contributed by atoms with E-state index in [2.05, 4.69) is 21.8 Å². The van der Waals surface area contributed by atoms with E-state index in [0.717, 1.165) is 56.6 Å². The number of piperidine rings is 1. The SMILES string of the molecule is [2H]c1cc2ccc(C(=O)N(CCC)CC(=O)N3CCN(C4CCN(C)CC4)CC3)cc2[nH]1. The second-order valence-electron chi connectivity index (χ2n) is 8.89. The average molecular weight is 427 g/mol. The maximum Gasteiger partial charge on any atom is 0.254 e. The largest absolute Gasteiger partial charge is 0.361 e. The smallest absolute Gasteiger partial charge is 0.254 e. The third-order valence-corrected chi connectivity index (χ3v) is 6.71. The van der Waals surface area contributed by atoms with Crippen LogP contribution in [0.4, 0.5) is 0 Å². The Bertz CT molecular complexity index is 945. The highest BCUT2D eigenvalue weighted by Crippen LogP contribution is 2.19. The van der Waals surface area contributed by atoms with E-state index >= 15 is 0 Å². The third kappa shape index (κ3) is 5.10. The number of piperazine rings is 1. The van der Waals surface area contributed by atoms with Crippen LogP contribution in [0.15, 0.2) is 30.4 Å². The Labute approximate surface area is 186 Å². The first kappa shape index (κ1) is 20.5. The number of carbonyl (C=O) groups is 2. The lowest BCUT2D eigenvalue weighted by Gasteiger charge is -2.42. The number of H-pyrrole nitrogens is 1. The molecule has 1 aromatic carbocycles. The van der Waals surface area contributed by atoms with Gasteiger partial charge < -0.3 is 19.7 Å². The molecule has 2 aliphatic rings. The van der Waals surface area contributed by atoms with E-state index in [1.165, 1.54) is 12.8 Å². The summed E-state index contributed by atoms with van der Waals surface area (Å²) in [5.74, 6) is -0.0996. The molecule has 0 atom stereocenters. The van der Waals surface area contributed by atoms with Gasteiger partial charge in [0, 0.05) is 56.0 Å². The van der Waals surface area contributed by atoms with Crippen LogP contribution >= 0.6 is 0 Å². The van der Waals surface area contributed by atoms with Crippen LogP contribution in [0.2, 0.25) is 0 Å². The summed E-state index contributed by atoms with van der Waals surface area (Å²) in [6.07, 6.45) is 3.53. The van der Waals surface area contributed by atoms with Crippen molar-refractivity contribution >= 4 is 22.7 Å². The molecular formula is C24H35N5O2. The predicted octanol–water partition coefficient (Wildman–Crippen LogP) is 2.26. The van der Waals surface area contributed by atoms with Crippen molar-refractivity contribution in [1.82, 2.24) is 24.6 Å². The summed E-state index contributed by atoms with van der Waals surface area (Å²) in [7, 11) is 2.18. The van der Waals surface area contributed by atoms with Crippen LogP contribution in [0.3, 0.4) is 0 Å². The maximum atomic E-state index is 13.2. The number of amides is 2. The Balaban J connectivity index is 1.35. The van der Waals surface area contributed by atoms with Crippen LogP contribution in [0, 0.1) is 0 Å². The molecular weight excluding hydrogens is 390 g/mol. The summed E-state index contributed by atoms with van der Waals surface area (Å²) in [5, 5.41) is 0.909. The molecule has 0 saturated carbocycles. The van der Waals surface area contributed by atoms with Crippen LogP contribution in [-0.2, 0) is 4.79 Å². The molecule has 2 fully saturated rings. The van der Waals surface area contributed by atoms with Gasteiger partial charge in [-0.05, 0) is 63.0 Å². The van der Waals surface area contributed by atoms with Crippen molar-refractivity contribution in [2.75, 3.05) is 59.4 Å². The second kappa shape index (κ2) is 9.83. The fraction of sp³-hybridized carbons (Fsp3) is 0.583. The molecule has 168 valence electrons. The Morgan fingerprint density at radius 3 is 2.58 bits per heavy atom. The first-order valence-corrected chi connectivity index (χ1v) is 11.5. The maximum absolute atomic E-state index is 13.2. The molecule has 2 aliphatic heterocycles. The molecule has 3 heterocycles. The number of nitrogens with zero attached hydrogens (tertiary/aromatic N) is 4. The minimum absolute atomic E-state index is 0.0317. The zero-order valence-electron chi connectivity index (χ0n) is 19.8. The standard InChI is InChI=1S/C24H35N5O2/c1-3-10-29(24(31)20-5-4-19-6-9-25-22(19)17-20)18-23(30)28-15-13-27(14-16-28)21-7-11-26(2)12-8-21/h4-6,9,17,21,25H,3,7-8,10-16,18H2,1-2H3/i9D. The third-order valence-electron chi connectivity index (χ3n) is 6.71. The molecule has 0 spiro atoms. The van der Waals surface area contributed by atoms with Crippen molar-refractivity contribution in [3.8, 4) is 0 Å². The highest BCUT2D eigenvalue weighted by atomic mass is 16.2. The van der Waals surface area contributed by atoms with Gasteiger partial charge in [0.25, 0.3) is 5.91 Å². The van der Waals surface area contributed by atoms with E-state index < -0.39 is 0 Å². The van der Waals surface area contributed by atoms with E-state index in [9.17, 15) is 9.59 Å². The van der Waals surface area contributed by atoms with Gasteiger partial charge in [0.2, 0.25) is 5.91 Å². The van der Waals surface area contributed by atoms with Crippen LogP contribution in [0.25, 0.3) is 10.9 Å². The van der Waals surface area contributed by atoms with Crippen LogP contribution in [0.5, 0.6) is 0 Å². The number of aromatic amines is 1. The summed E-state index contributed by atoms with van der Waals surface area (Å²) in [6, 6.07) is 7.79. The quantitative estimate of drug-likeness (QED) is 0.770. The number of nitrogens with one attached hydrogen (secondary N) is 1. The number of benzene rings is 1. The second-order valence-corrected chi connectivity index (χ2v) is 8.89. The van der Waals surface area contributed by atoms with E-state index in [1.807, 2.05) is 17.9 Å². The summed E-state index contributed by atoms with van der Waals surface area (Å²) in [4.78, 5) is 37.7. The van der Waals surface area contributed by atoms with E-state index in [1.54, 1.807) is 23.1 Å². The van der Waals surface area contributed by atoms with E-state index in [0.29, 0.717) is 24.3 Å². The molecule has 0 aliphatic carbocycles. The van der Waals surface area contributed by atoms with Crippen LogP contribution in [0.1, 0.15) is 37.9 Å². The number of aromatic nitrogens is 1. The zero-order chi connectivity index (χ0) is 22.7. The molecule has 0 radical (unpaired) electrons. The average Bonchev–Trinajstić information content (AvgIpc) is 3.18.